The molecule has 0 saturated carbocycles. The van der Waals surface area contributed by atoms with Crippen molar-refractivity contribution in [3.8, 4) is 0 Å². The number of hydrogen-bond donors (Lipinski definition) is 1. The average molecular weight is 564 g/mol. The number of fused-ring (bicyclic) bond motifs is 2. The van der Waals surface area contributed by atoms with Gasteiger partial charge in [0, 0.05) is 25.2 Å². The Labute approximate surface area is 244 Å². The minimum atomic E-state index is -1.33. The molecular formula is C33H45N3O5. The van der Waals surface area contributed by atoms with Gasteiger partial charge in [0.25, 0.3) is 0 Å². The number of benzene rings is 1. The van der Waals surface area contributed by atoms with Gasteiger partial charge in [0.1, 0.15) is 11.6 Å². The first-order valence-electron chi connectivity index (χ1n) is 14.8. The van der Waals surface area contributed by atoms with Gasteiger partial charge in [-0.2, -0.15) is 0 Å². The number of ether oxygens (including phenoxy) is 1. The van der Waals surface area contributed by atoms with Gasteiger partial charge in [-0.1, -0.05) is 75.4 Å². The Hall–Kier alpha value is -2.97. The summed E-state index contributed by atoms with van der Waals surface area (Å²) in [5, 5.41) is 10.2. The van der Waals surface area contributed by atoms with Crippen molar-refractivity contribution in [1.82, 2.24) is 14.7 Å². The average Bonchev–Trinajstić information content (AvgIpc) is 3.16. The maximum absolute atomic E-state index is 14.7. The molecule has 0 aromatic heterocycles. The van der Waals surface area contributed by atoms with E-state index in [1.807, 2.05) is 66.5 Å². The van der Waals surface area contributed by atoms with Crippen molar-refractivity contribution in [3.63, 3.8) is 0 Å². The van der Waals surface area contributed by atoms with Crippen LogP contribution in [0.4, 0.5) is 0 Å². The van der Waals surface area contributed by atoms with Crippen molar-refractivity contribution in [2.75, 3.05) is 19.7 Å². The lowest BCUT2D eigenvalue weighted by Crippen LogP contribution is -2.61. The Morgan fingerprint density at radius 2 is 1.61 bits per heavy atom. The fraction of sp³-hybridized carbons (Fsp3) is 0.606. The van der Waals surface area contributed by atoms with E-state index in [9.17, 15) is 19.5 Å². The Balaban J connectivity index is 1.59. The fourth-order valence-corrected chi connectivity index (χ4v) is 7.96. The maximum Gasteiger partial charge on any atom is 0.249 e. The van der Waals surface area contributed by atoms with E-state index in [-0.39, 0.29) is 29.7 Å². The third kappa shape index (κ3) is 4.83. The molecule has 0 radical (unpaired) electrons. The molecule has 1 aromatic rings. The minimum Gasteiger partial charge on any atom is -0.394 e. The van der Waals surface area contributed by atoms with Crippen LogP contribution in [0.15, 0.2) is 54.6 Å². The third-order valence-electron chi connectivity index (χ3n) is 9.23. The molecule has 2 saturated heterocycles. The number of aliphatic hydroxyl groups is 1. The second-order valence-corrected chi connectivity index (χ2v) is 14.3. The molecule has 4 aliphatic rings. The number of carbonyl (C=O) groups is 3. The lowest BCUT2D eigenvalue weighted by Gasteiger charge is -2.45. The minimum absolute atomic E-state index is 0.0342. The summed E-state index contributed by atoms with van der Waals surface area (Å²) in [5.74, 6) is -2.41. The monoisotopic (exact) mass is 563 g/mol. The normalized spacial score (nSPS) is 32.5. The number of hydrogen-bond acceptors (Lipinski definition) is 5. The molecule has 4 heterocycles. The summed E-state index contributed by atoms with van der Waals surface area (Å²) in [4.78, 5) is 48.6. The van der Waals surface area contributed by atoms with E-state index < -0.39 is 40.7 Å². The van der Waals surface area contributed by atoms with Crippen LogP contribution in [-0.2, 0) is 25.7 Å². The van der Waals surface area contributed by atoms with Crippen molar-refractivity contribution >= 4 is 17.7 Å². The molecule has 0 bridgehead atoms. The van der Waals surface area contributed by atoms with Crippen molar-refractivity contribution in [3.05, 3.63) is 60.2 Å². The molecule has 1 aromatic carbocycles. The number of aliphatic hydroxyl groups excluding tert-OH is 1. The molecule has 1 unspecified atom stereocenters. The van der Waals surface area contributed by atoms with E-state index in [1.54, 1.807) is 11.8 Å². The van der Waals surface area contributed by atoms with E-state index in [0.717, 1.165) is 12.0 Å². The topological polar surface area (TPSA) is 90.4 Å². The van der Waals surface area contributed by atoms with Crippen LogP contribution in [0.25, 0.3) is 0 Å². The number of amides is 3. The molecule has 2 fully saturated rings. The lowest BCUT2D eigenvalue weighted by molar-refractivity contribution is -0.158. The molecule has 1 N–H and O–H groups in total. The summed E-state index contributed by atoms with van der Waals surface area (Å²) in [6.45, 7) is 15.1. The van der Waals surface area contributed by atoms with Gasteiger partial charge in [-0.25, -0.2) is 0 Å². The predicted octanol–water partition coefficient (Wildman–Crippen LogP) is 3.55. The Morgan fingerprint density at radius 1 is 0.951 bits per heavy atom. The first-order valence-corrected chi connectivity index (χ1v) is 14.8. The van der Waals surface area contributed by atoms with Crippen molar-refractivity contribution in [2.45, 2.75) is 90.3 Å². The smallest absolute Gasteiger partial charge is 0.249 e. The molecule has 6 atom stereocenters. The van der Waals surface area contributed by atoms with E-state index in [1.165, 1.54) is 4.90 Å². The molecule has 8 heteroatoms. The Kier molecular flexibility index (Phi) is 7.26. The zero-order valence-corrected chi connectivity index (χ0v) is 25.5. The van der Waals surface area contributed by atoms with E-state index in [0.29, 0.717) is 19.6 Å². The zero-order chi connectivity index (χ0) is 30.0. The number of carbonyl (C=O) groups excluding carboxylic acids is 3. The second kappa shape index (κ2) is 10.1. The highest BCUT2D eigenvalue weighted by Crippen LogP contribution is 2.58. The van der Waals surface area contributed by atoms with Gasteiger partial charge in [-0.05, 0) is 45.1 Å². The van der Waals surface area contributed by atoms with Crippen molar-refractivity contribution in [2.24, 2.45) is 17.3 Å². The van der Waals surface area contributed by atoms with E-state index in [2.05, 4.69) is 34.6 Å². The van der Waals surface area contributed by atoms with Gasteiger partial charge in [-0.3, -0.25) is 14.4 Å². The molecule has 1 spiro atoms. The molecule has 0 aliphatic carbocycles. The van der Waals surface area contributed by atoms with Crippen LogP contribution in [0.5, 0.6) is 0 Å². The summed E-state index contributed by atoms with van der Waals surface area (Å²) in [6.07, 6.45) is 8.40. The molecular weight excluding hydrogens is 518 g/mol. The molecule has 5 rings (SSSR count). The summed E-state index contributed by atoms with van der Waals surface area (Å²) in [6, 6.07) is 8.18. The van der Waals surface area contributed by atoms with Crippen LogP contribution in [0, 0.1) is 17.3 Å². The highest BCUT2D eigenvalue weighted by Gasteiger charge is 2.75. The van der Waals surface area contributed by atoms with Crippen molar-refractivity contribution in [1.29, 1.82) is 0 Å². The highest BCUT2D eigenvalue weighted by atomic mass is 16.5. The fourth-order valence-electron chi connectivity index (χ4n) is 7.96. The first-order chi connectivity index (χ1) is 19.2. The maximum atomic E-state index is 14.7. The van der Waals surface area contributed by atoms with Crippen LogP contribution in [0.1, 0.15) is 60.5 Å². The molecule has 4 aliphatic heterocycles. The Morgan fingerprint density at radius 3 is 2.24 bits per heavy atom. The third-order valence-corrected chi connectivity index (χ3v) is 9.23. The van der Waals surface area contributed by atoms with Crippen LogP contribution in [0.2, 0.25) is 0 Å². The van der Waals surface area contributed by atoms with E-state index >= 15 is 0 Å². The molecule has 41 heavy (non-hydrogen) atoms. The standard InChI is InChI=1S/C33H45N3O5/c1-22(20-37)36-26-29(40)35(31(5,6)21-30(2,3)4)18-12-16-33(26)25(28(36)39)24-27(38)34(17-11-15-32(24,7)41-33)19-23-13-9-8-10-14-23/h8-16,22,24-26,37H,17-21H2,1-7H3/t22-,24-,25+,26?,32+,33+/m1/s1. The lowest BCUT2D eigenvalue weighted by atomic mass is 9.74. The van der Waals surface area contributed by atoms with Gasteiger partial charge in [0.05, 0.1) is 30.1 Å². The summed E-state index contributed by atoms with van der Waals surface area (Å²) < 4.78 is 6.91. The van der Waals surface area contributed by atoms with Gasteiger partial charge < -0.3 is 24.5 Å². The first kappa shape index (κ1) is 29.5. The van der Waals surface area contributed by atoms with Gasteiger partial charge in [-0.15, -0.1) is 0 Å². The summed E-state index contributed by atoms with van der Waals surface area (Å²) >= 11 is 0. The van der Waals surface area contributed by atoms with E-state index in [4.69, 9.17) is 4.74 Å². The zero-order valence-electron chi connectivity index (χ0n) is 25.5. The molecule has 222 valence electrons. The van der Waals surface area contributed by atoms with Crippen molar-refractivity contribution < 1.29 is 24.2 Å². The molecule has 8 nitrogen and oxygen atoms in total. The van der Waals surface area contributed by atoms with Crippen LogP contribution in [-0.4, -0.2) is 86.0 Å². The largest absolute Gasteiger partial charge is 0.394 e. The number of rotatable bonds is 6. The SMILES string of the molecule is C[C@H](CO)N1C(=O)[C@@H]2[C@@H]3C(=O)N(Cc4ccccc4)CC=C[C@]3(C)O[C@@]23C=CCN(C(C)(C)CC(C)(C)C)C(=O)C13. The summed E-state index contributed by atoms with van der Waals surface area (Å²) in [5.41, 5.74) is -1.95. The Bertz CT molecular complexity index is 1270. The predicted molar refractivity (Wildman–Crippen MR) is 156 cm³/mol. The second-order valence-electron chi connectivity index (χ2n) is 14.3. The van der Waals surface area contributed by atoms with Gasteiger partial charge in [0.15, 0.2) is 0 Å². The highest BCUT2D eigenvalue weighted by molar-refractivity contribution is 6.00. The van der Waals surface area contributed by atoms with Crippen LogP contribution >= 0.6 is 0 Å². The number of likely N-dealkylation sites (tertiary alicyclic amines) is 1. The number of nitrogens with zero attached hydrogens (tertiary/aromatic N) is 3. The quantitative estimate of drug-likeness (QED) is 0.535. The van der Waals surface area contributed by atoms with Crippen LogP contribution < -0.4 is 0 Å². The van der Waals surface area contributed by atoms with Crippen LogP contribution in [0.3, 0.4) is 0 Å². The molecule has 3 amide bonds. The van der Waals surface area contributed by atoms with Gasteiger partial charge >= 0.3 is 0 Å². The van der Waals surface area contributed by atoms with Gasteiger partial charge in [0.2, 0.25) is 17.7 Å². The summed E-state index contributed by atoms with van der Waals surface area (Å²) in [7, 11) is 0.